The number of nitrogens with zero attached hydrogens (tertiary/aromatic N) is 1. The van der Waals surface area contributed by atoms with E-state index in [1.807, 2.05) is 23.1 Å². The van der Waals surface area contributed by atoms with Crippen molar-refractivity contribution in [2.45, 2.75) is 19.8 Å². The summed E-state index contributed by atoms with van der Waals surface area (Å²) >= 11 is 3.46. The second-order valence-electron chi connectivity index (χ2n) is 4.21. The van der Waals surface area contributed by atoms with E-state index in [9.17, 15) is 4.79 Å². The number of carbonyl (C=O) groups is 1. The van der Waals surface area contributed by atoms with Crippen molar-refractivity contribution < 1.29 is 4.79 Å². The second-order valence-corrected chi connectivity index (χ2v) is 4.86. The summed E-state index contributed by atoms with van der Waals surface area (Å²) in [5.74, 6) is 0.711. The summed E-state index contributed by atoms with van der Waals surface area (Å²) in [6.07, 6.45) is 1.64. The van der Waals surface area contributed by atoms with Crippen molar-refractivity contribution in [2.75, 3.05) is 16.8 Å². The quantitative estimate of drug-likeness (QED) is 0.780. The molecule has 1 aliphatic rings. The van der Waals surface area contributed by atoms with Crippen LogP contribution < -0.4 is 4.90 Å². The molecule has 0 aromatic heterocycles. The Labute approximate surface area is 105 Å². The van der Waals surface area contributed by atoms with Gasteiger partial charge in [-0.05, 0) is 24.0 Å². The molecule has 1 heterocycles. The lowest BCUT2D eigenvalue weighted by Crippen LogP contribution is -2.25. The van der Waals surface area contributed by atoms with Gasteiger partial charge in [0.2, 0.25) is 5.91 Å². The molecule has 1 unspecified atom stereocenters. The van der Waals surface area contributed by atoms with Crippen molar-refractivity contribution in [1.29, 1.82) is 0 Å². The van der Waals surface area contributed by atoms with Crippen LogP contribution in [0.1, 0.15) is 18.9 Å². The number of amides is 1. The molecule has 1 saturated heterocycles. The first-order valence-corrected chi connectivity index (χ1v) is 6.82. The number of hydrogen-bond acceptors (Lipinski definition) is 1. The third kappa shape index (κ3) is 2.14. The van der Waals surface area contributed by atoms with Gasteiger partial charge in [-0.15, -0.1) is 0 Å². The smallest absolute Gasteiger partial charge is 0.227 e. The molecule has 0 N–H and O–H groups in total. The van der Waals surface area contributed by atoms with Crippen LogP contribution in [0.25, 0.3) is 0 Å². The Morgan fingerprint density at radius 2 is 2.19 bits per heavy atom. The molecule has 1 amide bonds. The zero-order valence-corrected chi connectivity index (χ0v) is 11.0. The summed E-state index contributed by atoms with van der Waals surface area (Å²) in [7, 11) is 0. The van der Waals surface area contributed by atoms with Gasteiger partial charge in [0.1, 0.15) is 0 Å². The third-order valence-corrected chi connectivity index (χ3v) is 4.00. The van der Waals surface area contributed by atoms with Crippen molar-refractivity contribution in [2.24, 2.45) is 5.92 Å². The van der Waals surface area contributed by atoms with E-state index in [0.717, 1.165) is 24.0 Å². The van der Waals surface area contributed by atoms with Gasteiger partial charge in [0, 0.05) is 24.0 Å². The molecule has 0 bridgehead atoms. The Hall–Kier alpha value is -0.830. The van der Waals surface area contributed by atoms with E-state index in [4.69, 9.17) is 0 Å². The Kier molecular flexibility index (Phi) is 3.64. The zero-order chi connectivity index (χ0) is 11.5. The third-order valence-electron chi connectivity index (χ3n) is 3.09. The maximum absolute atomic E-state index is 11.9. The number of anilines is 1. The van der Waals surface area contributed by atoms with Gasteiger partial charge < -0.3 is 4.90 Å². The van der Waals surface area contributed by atoms with Gasteiger partial charge in [-0.3, -0.25) is 4.79 Å². The Morgan fingerprint density at radius 3 is 2.81 bits per heavy atom. The average Bonchev–Trinajstić information content (AvgIpc) is 2.70. The highest BCUT2D eigenvalue weighted by atomic mass is 79.9. The highest BCUT2D eigenvalue weighted by molar-refractivity contribution is 9.09. The minimum absolute atomic E-state index is 0.255. The molecule has 0 saturated carbocycles. The Bertz CT molecular complexity index is 391. The Morgan fingerprint density at radius 1 is 1.44 bits per heavy atom. The van der Waals surface area contributed by atoms with Crippen LogP contribution in [0.2, 0.25) is 0 Å². The number of halogens is 1. The number of alkyl halides is 1. The first-order chi connectivity index (χ1) is 7.76. The van der Waals surface area contributed by atoms with Gasteiger partial charge in [-0.2, -0.15) is 0 Å². The number of aryl methyl sites for hydroxylation is 1. The van der Waals surface area contributed by atoms with Crippen molar-refractivity contribution >= 4 is 27.5 Å². The van der Waals surface area contributed by atoms with E-state index in [2.05, 4.69) is 28.9 Å². The van der Waals surface area contributed by atoms with Crippen LogP contribution in [-0.4, -0.2) is 17.8 Å². The summed E-state index contributed by atoms with van der Waals surface area (Å²) < 4.78 is 0. The molecule has 2 nitrogen and oxygen atoms in total. The lowest BCUT2D eigenvalue weighted by Gasteiger charge is -2.19. The standard InChI is InChI=1S/C13H16BrNO/c1-2-11-5-3-4-6-12(11)15-9-10(8-14)7-13(15)16/h3-6,10H,2,7-9H2,1H3. The Balaban J connectivity index is 2.27. The van der Waals surface area contributed by atoms with Gasteiger partial charge >= 0.3 is 0 Å². The summed E-state index contributed by atoms with van der Waals surface area (Å²) in [6, 6.07) is 8.19. The molecule has 1 aromatic rings. The molecule has 1 fully saturated rings. The highest BCUT2D eigenvalue weighted by Gasteiger charge is 2.30. The van der Waals surface area contributed by atoms with Gasteiger partial charge in [-0.25, -0.2) is 0 Å². The minimum atomic E-state index is 0.255. The fourth-order valence-corrected chi connectivity index (χ4v) is 2.62. The van der Waals surface area contributed by atoms with Gasteiger partial charge in [0.05, 0.1) is 0 Å². The molecule has 1 aliphatic heterocycles. The van der Waals surface area contributed by atoms with Crippen LogP contribution >= 0.6 is 15.9 Å². The number of para-hydroxylation sites is 1. The van der Waals surface area contributed by atoms with E-state index >= 15 is 0 Å². The van der Waals surface area contributed by atoms with Crippen LogP contribution in [0, 0.1) is 5.92 Å². The van der Waals surface area contributed by atoms with E-state index in [1.54, 1.807) is 0 Å². The first kappa shape index (κ1) is 11.6. The van der Waals surface area contributed by atoms with E-state index in [0.29, 0.717) is 12.3 Å². The minimum Gasteiger partial charge on any atom is -0.312 e. The van der Waals surface area contributed by atoms with Crippen LogP contribution in [0.15, 0.2) is 24.3 Å². The molecule has 0 aliphatic carbocycles. The molecular formula is C13H16BrNO. The topological polar surface area (TPSA) is 20.3 Å². The molecule has 16 heavy (non-hydrogen) atoms. The van der Waals surface area contributed by atoms with Crippen molar-refractivity contribution in [3.05, 3.63) is 29.8 Å². The molecule has 0 spiro atoms. The number of hydrogen-bond donors (Lipinski definition) is 0. The predicted octanol–water partition coefficient (Wildman–Crippen LogP) is 3.00. The monoisotopic (exact) mass is 281 g/mol. The number of rotatable bonds is 3. The van der Waals surface area contributed by atoms with E-state index < -0.39 is 0 Å². The summed E-state index contributed by atoms with van der Waals surface area (Å²) in [5, 5.41) is 0.906. The molecular weight excluding hydrogens is 266 g/mol. The maximum atomic E-state index is 11.9. The largest absolute Gasteiger partial charge is 0.312 e. The van der Waals surface area contributed by atoms with Gasteiger partial charge in [0.15, 0.2) is 0 Å². The normalized spacial score (nSPS) is 20.5. The van der Waals surface area contributed by atoms with Crippen LogP contribution in [0.4, 0.5) is 5.69 Å². The summed E-state index contributed by atoms with van der Waals surface area (Å²) in [5.41, 5.74) is 2.35. The number of carbonyl (C=O) groups excluding carboxylic acids is 1. The molecule has 2 rings (SSSR count). The van der Waals surface area contributed by atoms with Crippen LogP contribution in [0.5, 0.6) is 0 Å². The lowest BCUT2D eigenvalue weighted by molar-refractivity contribution is -0.117. The van der Waals surface area contributed by atoms with E-state index in [-0.39, 0.29) is 5.91 Å². The van der Waals surface area contributed by atoms with Crippen molar-refractivity contribution in [1.82, 2.24) is 0 Å². The zero-order valence-electron chi connectivity index (χ0n) is 9.45. The molecule has 1 aromatic carbocycles. The predicted molar refractivity (Wildman–Crippen MR) is 70.1 cm³/mol. The van der Waals surface area contributed by atoms with Gasteiger partial charge in [0.25, 0.3) is 0 Å². The van der Waals surface area contributed by atoms with E-state index in [1.165, 1.54) is 5.56 Å². The first-order valence-electron chi connectivity index (χ1n) is 5.70. The maximum Gasteiger partial charge on any atom is 0.227 e. The summed E-state index contributed by atoms with van der Waals surface area (Å²) in [4.78, 5) is 13.9. The van der Waals surface area contributed by atoms with Crippen molar-refractivity contribution in [3.63, 3.8) is 0 Å². The van der Waals surface area contributed by atoms with Gasteiger partial charge in [-0.1, -0.05) is 41.1 Å². The SMILES string of the molecule is CCc1ccccc1N1CC(CBr)CC1=O. The highest BCUT2D eigenvalue weighted by Crippen LogP contribution is 2.28. The molecule has 86 valence electrons. The number of benzene rings is 1. The molecule has 0 radical (unpaired) electrons. The average molecular weight is 282 g/mol. The van der Waals surface area contributed by atoms with Crippen molar-refractivity contribution in [3.8, 4) is 0 Å². The van der Waals surface area contributed by atoms with Crippen LogP contribution in [0.3, 0.4) is 0 Å². The summed E-state index contributed by atoms with van der Waals surface area (Å²) in [6.45, 7) is 2.97. The fourth-order valence-electron chi connectivity index (χ4n) is 2.19. The lowest BCUT2D eigenvalue weighted by atomic mass is 10.1. The molecule has 3 heteroatoms. The molecule has 1 atom stereocenters. The second kappa shape index (κ2) is 5.00. The van der Waals surface area contributed by atoms with Crippen LogP contribution in [-0.2, 0) is 11.2 Å². The fraction of sp³-hybridized carbons (Fsp3) is 0.462.